The number of hydrogen-bond donors (Lipinski definition) is 0. The number of thiazole rings is 1. The highest BCUT2D eigenvalue weighted by molar-refractivity contribution is 7.18. The maximum absolute atomic E-state index is 5.84. The summed E-state index contributed by atoms with van der Waals surface area (Å²) in [6, 6.07) is 6.03. The van der Waals surface area contributed by atoms with E-state index >= 15 is 0 Å². The van der Waals surface area contributed by atoms with Crippen molar-refractivity contribution in [3.05, 3.63) is 23.2 Å². The van der Waals surface area contributed by atoms with Gasteiger partial charge >= 0.3 is 0 Å². The summed E-state index contributed by atoms with van der Waals surface area (Å²) in [6.45, 7) is 5.70. The number of nitrogens with zero attached hydrogens (tertiary/aromatic N) is 1. The van der Waals surface area contributed by atoms with Gasteiger partial charge in [0.15, 0.2) is 0 Å². The Labute approximate surface area is 104 Å². The van der Waals surface area contributed by atoms with Crippen LogP contribution in [0.15, 0.2) is 18.2 Å². The lowest BCUT2D eigenvalue weighted by molar-refractivity contribution is 0.240. The van der Waals surface area contributed by atoms with E-state index in [4.69, 9.17) is 9.47 Å². The molecule has 1 aliphatic heterocycles. The molecule has 2 heterocycles. The molecule has 1 unspecified atom stereocenters. The molecule has 0 amide bonds. The van der Waals surface area contributed by atoms with E-state index in [1.54, 1.807) is 11.3 Å². The van der Waals surface area contributed by atoms with Crippen LogP contribution in [0.3, 0.4) is 0 Å². The van der Waals surface area contributed by atoms with Crippen LogP contribution in [0.25, 0.3) is 10.2 Å². The number of aryl methyl sites for hydroxylation is 1. The Morgan fingerprint density at radius 1 is 1.53 bits per heavy atom. The number of hydrogen-bond acceptors (Lipinski definition) is 4. The molecular weight excluding hydrogens is 234 g/mol. The van der Waals surface area contributed by atoms with Crippen molar-refractivity contribution < 1.29 is 9.47 Å². The third kappa shape index (κ3) is 2.28. The second-order valence-corrected chi connectivity index (χ2v) is 5.88. The van der Waals surface area contributed by atoms with Gasteiger partial charge in [0, 0.05) is 6.42 Å². The fourth-order valence-corrected chi connectivity index (χ4v) is 2.68. The first-order chi connectivity index (χ1) is 8.16. The third-order valence-corrected chi connectivity index (χ3v) is 4.01. The van der Waals surface area contributed by atoms with Crippen molar-refractivity contribution >= 4 is 21.6 Å². The summed E-state index contributed by atoms with van der Waals surface area (Å²) in [5.41, 5.74) is 1.09. The fourth-order valence-electron chi connectivity index (χ4n) is 1.79. The maximum atomic E-state index is 5.84. The van der Waals surface area contributed by atoms with Gasteiger partial charge in [0.1, 0.15) is 5.75 Å². The highest BCUT2D eigenvalue weighted by Gasteiger charge is 2.38. The summed E-state index contributed by atoms with van der Waals surface area (Å²) in [7, 11) is 0. The van der Waals surface area contributed by atoms with Crippen LogP contribution < -0.4 is 4.74 Å². The lowest BCUT2D eigenvalue weighted by Crippen LogP contribution is -2.10. The van der Waals surface area contributed by atoms with Gasteiger partial charge in [-0.1, -0.05) is 6.07 Å². The van der Waals surface area contributed by atoms with Crippen molar-refractivity contribution in [3.8, 4) is 5.75 Å². The summed E-state index contributed by atoms with van der Waals surface area (Å²) in [5.74, 6) is 0.942. The Bertz CT molecular complexity index is 545. The molecule has 0 spiro atoms. The highest BCUT2D eigenvalue weighted by Crippen LogP contribution is 2.33. The lowest BCUT2D eigenvalue weighted by Gasteiger charge is -2.08. The second-order valence-electron chi connectivity index (χ2n) is 4.67. The van der Waals surface area contributed by atoms with Crippen molar-refractivity contribution in [2.45, 2.75) is 25.9 Å². The zero-order valence-electron chi connectivity index (χ0n) is 10.0. The molecule has 1 aromatic carbocycles. The number of fused-ring (bicyclic) bond motifs is 1. The number of rotatable bonds is 4. The summed E-state index contributed by atoms with van der Waals surface area (Å²) in [6.07, 6.45) is 0.946. The first-order valence-electron chi connectivity index (χ1n) is 5.79. The van der Waals surface area contributed by atoms with Gasteiger partial charge < -0.3 is 9.47 Å². The molecule has 4 heteroatoms. The fraction of sp³-hybridized carbons (Fsp3) is 0.462. The quantitative estimate of drug-likeness (QED) is 0.781. The smallest absolute Gasteiger partial charge is 0.138 e. The van der Waals surface area contributed by atoms with Crippen molar-refractivity contribution in [2.24, 2.45) is 0 Å². The van der Waals surface area contributed by atoms with Gasteiger partial charge in [-0.2, -0.15) is 0 Å². The first-order valence-corrected chi connectivity index (χ1v) is 6.61. The van der Waals surface area contributed by atoms with E-state index in [0.717, 1.165) is 34.0 Å². The molecule has 0 aliphatic carbocycles. The molecule has 17 heavy (non-hydrogen) atoms. The Morgan fingerprint density at radius 3 is 3.12 bits per heavy atom. The molecular formula is C13H15NO2S. The van der Waals surface area contributed by atoms with E-state index in [-0.39, 0.29) is 5.60 Å². The summed E-state index contributed by atoms with van der Waals surface area (Å²) >= 11 is 1.68. The summed E-state index contributed by atoms with van der Waals surface area (Å²) in [5, 5.41) is 1.08. The van der Waals surface area contributed by atoms with Crippen LogP contribution in [0.4, 0.5) is 0 Å². The minimum atomic E-state index is 0.0670. The van der Waals surface area contributed by atoms with Crippen LogP contribution in [0.2, 0.25) is 0 Å². The molecule has 3 nitrogen and oxygen atoms in total. The Morgan fingerprint density at radius 2 is 2.35 bits per heavy atom. The predicted octanol–water partition coefficient (Wildman–Crippen LogP) is 3.16. The van der Waals surface area contributed by atoms with Gasteiger partial charge in [-0.05, 0) is 26.0 Å². The lowest BCUT2D eigenvalue weighted by atomic mass is 10.1. The second kappa shape index (κ2) is 3.96. The van der Waals surface area contributed by atoms with Gasteiger partial charge in [-0.25, -0.2) is 4.98 Å². The SMILES string of the molecule is Cc1nc2cccc(OCCC3(C)CO3)c2s1. The Kier molecular flexibility index (Phi) is 2.56. The number of epoxide rings is 1. The van der Waals surface area contributed by atoms with Crippen LogP contribution in [0.5, 0.6) is 5.75 Å². The van der Waals surface area contributed by atoms with E-state index in [1.165, 1.54) is 0 Å². The summed E-state index contributed by atoms with van der Waals surface area (Å²) in [4.78, 5) is 4.46. The van der Waals surface area contributed by atoms with Crippen molar-refractivity contribution in [1.82, 2.24) is 4.98 Å². The maximum Gasteiger partial charge on any atom is 0.138 e. The predicted molar refractivity (Wildman–Crippen MR) is 68.8 cm³/mol. The minimum absolute atomic E-state index is 0.0670. The molecule has 0 radical (unpaired) electrons. The van der Waals surface area contributed by atoms with Crippen LogP contribution in [-0.4, -0.2) is 23.8 Å². The van der Waals surface area contributed by atoms with Crippen molar-refractivity contribution in [2.75, 3.05) is 13.2 Å². The van der Waals surface area contributed by atoms with E-state index in [0.29, 0.717) is 6.61 Å². The van der Waals surface area contributed by atoms with Crippen LogP contribution in [0, 0.1) is 6.92 Å². The van der Waals surface area contributed by atoms with Crippen LogP contribution >= 0.6 is 11.3 Å². The Balaban J connectivity index is 1.75. The van der Waals surface area contributed by atoms with Gasteiger partial charge in [-0.15, -0.1) is 11.3 Å². The highest BCUT2D eigenvalue weighted by atomic mass is 32.1. The molecule has 1 saturated heterocycles. The number of ether oxygens (including phenoxy) is 2. The molecule has 1 atom stereocenters. The van der Waals surface area contributed by atoms with E-state index in [1.807, 2.05) is 25.1 Å². The molecule has 0 N–H and O–H groups in total. The number of aromatic nitrogens is 1. The molecule has 1 fully saturated rings. The summed E-state index contributed by atoms with van der Waals surface area (Å²) < 4.78 is 12.3. The molecule has 90 valence electrons. The molecule has 1 aliphatic rings. The van der Waals surface area contributed by atoms with E-state index in [2.05, 4.69) is 11.9 Å². The largest absolute Gasteiger partial charge is 0.492 e. The van der Waals surface area contributed by atoms with Crippen LogP contribution in [-0.2, 0) is 4.74 Å². The average Bonchev–Trinajstić information content (AvgIpc) is 2.88. The van der Waals surface area contributed by atoms with Crippen LogP contribution in [0.1, 0.15) is 18.4 Å². The standard InChI is InChI=1S/C13H15NO2S/c1-9-14-10-4-3-5-11(12(10)17-9)15-7-6-13(2)8-16-13/h3-5H,6-8H2,1-2H3. The molecule has 1 aromatic heterocycles. The zero-order chi connectivity index (χ0) is 11.9. The van der Waals surface area contributed by atoms with Gasteiger partial charge in [0.2, 0.25) is 0 Å². The normalized spacial score (nSPS) is 22.9. The van der Waals surface area contributed by atoms with Crippen molar-refractivity contribution in [1.29, 1.82) is 0 Å². The average molecular weight is 249 g/mol. The number of benzene rings is 1. The molecule has 3 rings (SSSR count). The van der Waals surface area contributed by atoms with Gasteiger partial charge in [0.05, 0.1) is 34.0 Å². The Hall–Kier alpha value is -1.13. The van der Waals surface area contributed by atoms with Gasteiger partial charge in [-0.3, -0.25) is 0 Å². The minimum Gasteiger partial charge on any atom is -0.492 e. The molecule has 0 bridgehead atoms. The van der Waals surface area contributed by atoms with Crippen molar-refractivity contribution in [3.63, 3.8) is 0 Å². The molecule has 0 saturated carbocycles. The zero-order valence-corrected chi connectivity index (χ0v) is 10.8. The van der Waals surface area contributed by atoms with Gasteiger partial charge in [0.25, 0.3) is 0 Å². The monoisotopic (exact) mass is 249 g/mol. The van der Waals surface area contributed by atoms with E-state index < -0.39 is 0 Å². The van der Waals surface area contributed by atoms with E-state index in [9.17, 15) is 0 Å². The topological polar surface area (TPSA) is 34.6 Å². The molecule has 2 aromatic rings. The third-order valence-electron chi connectivity index (χ3n) is 3.01. The first kappa shape index (κ1) is 11.0.